The third kappa shape index (κ3) is 3.69. The van der Waals surface area contributed by atoms with Gasteiger partial charge in [-0.25, -0.2) is 4.68 Å². The third-order valence-corrected chi connectivity index (χ3v) is 3.73. The Kier molecular flexibility index (Phi) is 4.93. The van der Waals surface area contributed by atoms with Gasteiger partial charge in [-0.15, -0.1) is 0 Å². The average Bonchev–Trinajstić information content (AvgIpc) is 3.32. The molecule has 0 fully saturated rings. The van der Waals surface area contributed by atoms with Crippen LogP contribution in [0.5, 0.6) is 0 Å². The first kappa shape index (κ1) is 17.2. The van der Waals surface area contributed by atoms with Crippen molar-refractivity contribution < 1.29 is 18.8 Å². The SMILES string of the molecule is NC(=O)C(=O)C(Cc1ccco1)NC(=O)c1ccnn1-c1ccccc1. The van der Waals surface area contributed by atoms with Crippen LogP contribution in [-0.4, -0.2) is 33.4 Å². The number of hydrogen-bond donors (Lipinski definition) is 2. The Balaban J connectivity index is 1.83. The Hall–Kier alpha value is -3.68. The van der Waals surface area contributed by atoms with Crippen molar-refractivity contribution in [3.8, 4) is 5.69 Å². The van der Waals surface area contributed by atoms with Gasteiger partial charge in [0.15, 0.2) is 0 Å². The summed E-state index contributed by atoms with van der Waals surface area (Å²) in [6.45, 7) is 0. The van der Waals surface area contributed by atoms with Crippen molar-refractivity contribution in [2.24, 2.45) is 5.73 Å². The second kappa shape index (κ2) is 7.47. The lowest BCUT2D eigenvalue weighted by Crippen LogP contribution is -2.47. The molecule has 0 aliphatic rings. The molecule has 2 amide bonds. The molecule has 3 aromatic rings. The molecule has 0 saturated carbocycles. The molecule has 1 atom stereocenters. The van der Waals surface area contributed by atoms with E-state index in [1.807, 2.05) is 18.2 Å². The molecule has 132 valence electrons. The summed E-state index contributed by atoms with van der Waals surface area (Å²) in [5, 5.41) is 6.67. The second-order valence-electron chi connectivity index (χ2n) is 5.50. The normalized spacial score (nSPS) is 11.7. The molecule has 2 aromatic heterocycles. The lowest BCUT2D eigenvalue weighted by Gasteiger charge is -2.15. The molecule has 0 bridgehead atoms. The minimum absolute atomic E-state index is 0.0139. The van der Waals surface area contributed by atoms with Crippen LogP contribution in [0.2, 0.25) is 0 Å². The summed E-state index contributed by atoms with van der Waals surface area (Å²) in [4.78, 5) is 36.0. The van der Waals surface area contributed by atoms with Crippen molar-refractivity contribution in [1.29, 1.82) is 0 Å². The molecule has 1 unspecified atom stereocenters. The molecule has 8 nitrogen and oxygen atoms in total. The number of nitrogens with zero attached hydrogens (tertiary/aromatic N) is 2. The highest BCUT2D eigenvalue weighted by molar-refractivity contribution is 6.38. The van der Waals surface area contributed by atoms with E-state index < -0.39 is 23.6 Å². The highest BCUT2D eigenvalue weighted by atomic mass is 16.3. The van der Waals surface area contributed by atoms with Gasteiger partial charge in [0.05, 0.1) is 18.1 Å². The number of aromatic nitrogens is 2. The predicted octanol–water partition coefficient (Wildman–Crippen LogP) is 0.861. The minimum Gasteiger partial charge on any atom is -0.469 e. The van der Waals surface area contributed by atoms with E-state index in [0.29, 0.717) is 11.4 Å². The maximum absolute atomic E-state index is 12.7. The Bertz CT molecular complexity index is 916. The number of carbonyl (C=O) groups is 3. The van der Waals surface area contributed by atoms with Crippen molar-refractivity contribution in [2.75, 3.05) is 0 Å². The van der Waals surface area contributed by atoms with Crippen LogP contribution in [0.1, 0.15) is 16.2 Å². The highest BCUT2D eigenvalue weighted by Gasteiger charge is 2.27. The van der Waals surface area contributed by atoms with E-state index in [1.165, 1.54) is 23.2 Å². The number of rotatable bonds is 7. The van der Waals surface area contributed by atoms with Crippen LogP contribution in [0.4, 0.5) is 0 Å². The van der Waals surface area contributed by atoms with Crippen molar-refractivity contribution >= 4 is 17.6 Å². The molecule has 1 aromatic carbocycles. The number of furan rings is 1. The van der Waals surface area contributed by atoms with Crippen LogP contribution in [-0.2, 0) is 16.0 Å². The fourth-order valence-corrected chi connectivity index (χ4v) is 2.49. The zero-order chi connectivity index (χ0) is 18.5. The molecule has 8 heteroatoms. The molecule has 26 heavy (non-hydrogen) atoms. The number of amides is 2. The van der Waals surface area contributed by atoms with Crippen molar-refractivity contribution in [3.05, 3.63) is 72.4 Å². The fourth-order valence-electron chi connectivity index (χ4n) is 2.49. The quantitative estimate of drug-likeness (QED) is 0.611. The fraction of sp³-hybridized carbons (Fsp3) is 0.111. The first-order chi connectivity index (χ1) is 12.6. The van der Waals surface area contributed by atoms with Gasteiger partial charge >= 0.3 is 0 Å². The second-order valence-corrected chi connectivity index (χ2v) is 5.50. The summed E-state index contributed by atoms with van der Waals surface area (Å²) < 4.78 is 6.62. The van der Waals surface area contributed by atoms with Crippen molar-refractivity contribution in [1.82, 2.24) is 15.1 Å². The van der Waals surface area contributed by atoms with Gasteiger partial charge in [-0.2, -0.15) is 5.10 Å². The summed E-state index contributed by atoms with van der Waals surface area (Å²) in [5.41, 5.74) is 6.00. The number of ketones is 1. The molecule has 0 saturated heterocycles. The van der Waals surface area contributed by atoms with Gasteiger partial charge in [0.25, 0.3) is 11.8 Å². The van der Waals surface area contributed by atoms with Gasteiger partial charge in [-0.3, -0.25) is 14.4 Å². The summed E-state index contributed by atoms with van der Waals surface area (Å²) in [6, 6.07) is 12.7. The first-order valence-electron chi connectivity index (χ1n) is 7.82. The van der Waals surface area contributed by atoms with Crippen LogP contribution >= 0.6 is 0 Å². The van der Waals surface area contributed by atoms with Gasteiger partial charge in [0.1, 0.15) is 17.5 Å². The number of benzene rings is 1. The molecule has 3 rings (SSSR count). The van der Waals surface area contributed by atoms with E-state index in [1.54, 1.807) is 24.3 Å². The number of hydrogen-bond acceptors (Lipinski definition) is 5. The van der Waals surface area contributed by atoms with Crippen molar-refractivity contribution in [3.63, 3.8) is 0 Å². The molecule has 3 N–H and O–H groups in total. The van der Waals surface area contributed by atoms with Crippen LogP contribution in [0.3, 0.4) is 0 Å². The number of Topliss-reactive ketones (excluding diaryl/α,β-unsaturated/α-hetero) is 1. The summed E-state index contributed by atoms with van der Waals surface area (Å²) in [5.74, 6) is -2.14. The molecule has 0 aliphatic carbocycles. The van der Waals surface area contributed by atoms with Gasteiger partial charge in [-0.1, -0.05) is 18.2 Å². The summed E-state index contributed by atoms with van der Waals surface area (Å²) in [6.07, 6.45) is 2.92. The molecule has 2 heterocycles. The van der Waals surface area contributed by atoms with E-state index in [-0.39, 0.29) is 12.1 Å². The Morgan fingerprint density at radius 3 is 2.54 bits per heavy atom. The monoisotopic (exact) mass is 352 g/mol. The zero-order valence-corrected chi connectivity index (χ0v) is 13.7. The topological polar surface area (TPSA) is 120 Å². The lowest BCUT2D eigenvalue weighted by molar-refractivity contribution is -0.137. The largest absolute Gasteiger partial charge is 0.469 e. The molecule has 0 spiro atoms. The van der Waals surface area contributed by atoms with Gasteiger partial charge in [-0.05, 0) is 30.3 Å². The van der Waals surface area contributed by atoms with E-state index in [2.05, 4.69) is 10.4 Å². The summed E-state index contributed by atoms with van der Waals surface area (Å²) >= 11 is 0. The zero-order valence-electron chi connectivity index (χ0n) is 13.7. The molecular formula is C18H16N4O4. The standard InChI is InChI=1S/C18H16N4O4/c19-17(24)16(23)14(11-13-7-4-10-26-13)21-18(25)15-8-9-20-22(15)12-5-2-1-3-6-12/h1-10,14H,11H2,(H2,19,24)(H,21,25). The smallest absolute Gasteiger partial charge is 0.287 e. The third-order valence-electron chi connectivity index (χ3n) is 3.73. The molecule has 0 aliphatic heterocycles. The molecular weight excluding hydrogens is 336 g/mol. The number of nitrogens with one attached hydrogen (secondary N) is 1. The lowest BCUT2D eigenvalue weighted by atomic mass is 10.1. The maximum atomic E-state index is 12.7. The number of nitrogens with two attached hydrogens (primary N) is 1. The number of para-hydroxylation sites is 1. The van der Waals surface area contributed by atoms with E-state index in [0.717, 1.165) is 0 Å². The van der Waals surface area contributed by atoms with Crippen LogP contribution in [0.15, 0.2) is 65.4 Å². The van der Waals surface area contributed by atoms with Gasteiger partial charge < -0.3 is 15.5 Å². The van der Waals surface area contributed by atoms with Crippen LogP contribution in [0.25, 0.3) is 5.69 Å². The number of carbonyl (C=O) groups excluding carboxylic acids is 3. The van der Waals surface area contributed by atoms with Crippen LogP contribution in [0, 0.1) is 0 Å². The highest BCUT2D eigenvalue weighted by Crippen LogP contribution is 2.11. The van der Waals surface area contributed by atoms with Gasteiger partial charge in [0.2, 0.25) is 5.78 Å². The minimum atomic E-state index is -1.13. The van der Waals surface area contributed by atoms with E-state index in [4.69, 9.17) is 10.2 Å². The summed E-state index contributed by atoms with van der Waals surface area (Å²) in [7, 11) is 0. The van der Waals surface area contributed by atoms with Crippen molar-refractivity contribution in [2.45, 2.75) is 12.5 Å². The molecule has 0 radical (unpaired) electrons. The average molecular weight is 352 g/mol. The Morgan fingerprint density at radius 2 is 1.88 bits per heavy atom. The van der Waals surface area contributed by atoms with Gasteiger partial charge in [0, 0.05) is 6.42 Å². The Labute approximate surface area is 148 Å². The Morgan fingerprint density at radius 1 is 1.12 bits per heavy atom. The predicted molar refractivity (Wildman–Crippen MR) is 91.4 cm³/mol. The first-order valence-corrected chi connectivity index (χ1v) is 7.82. The van der Waals surface area contributed by atoms with E-state index >= 15 is 0 Å². The maximum Gasteiger partial charge on any atom is 0.287 e. The van der Waals surface area contributed by atoms with Crippen LogP contribution < -0.4 is 11.1 Å². The number of primary amides is 1. The van der Waals surface area contributed by atoms with E-state index in [9.17, 15) is 14.4 Å².